The van der Waals surface area contributed by atoms with Crippen molar-refractivity contribution in [2.75, 3.05) is 0 Å². The Hall–Kier alpha value is -0.710. The quantitative estimate of drug-likeness (QED) is 0.678. The van der Waals surface area contributed by atoms with Crippen molar-refractivity contribution in [3.05, 3.63) is 39.3 Å². The third-order valence-corrected chi connectivity index (χ3v) is 2.99. The molecule has 0 aliphatic heterocycles. The number of para-hydroxylation sites is 1. The van der Waals surface area contributed by atoms with Crippen LogP contribution in [0.15, 0.2) is 24.3 Å². The summed E-state index contributed by atoms with van der Waals surface area (Å²) in [5.41, 5.74) is 1.31. The summed E-state index contributed by atoms with van der Waals surface area (Å²) in [6.07, 6.45) is 0. The van der Waals surface area contributed by atoms with E-state index in [1.807, 2.05) is 46.9 Å². The van der Waals surface area contributed by atoms with Crippen molar-refractivity contribution in [2.24, 2.45) is 0 Å². The van der Waals surface area contributed by atoms with Crippen LogP contribution in [0.3, 0.4) is 0 Å². The van der Waals surface area contributed by atoms with Gasteiger partial charge in [-0.05, 0) is 35.6 Å². The van der Waals surface area contributed by atoms with Crippen molar-refractivity contribution >= 4 is 33.5 Å². The monoisotopic (exact) mass is 287 g/mol. The number of aryl methyl sites for hydroxylation is 1. The van der Waals surface area contributed by atoms with Crippen LogP contribution in [0.4, 0.5) is 4.39 Å². The van der Waals surface area contributed by atoms with Crippen molar-refractivity contribution < 1.29 is 4.39 Å². The minimum absolute atomic E-state index is 0.209. The summed E-state index contributed by atoms with van der Waals surface area (Å²) in [5.74, 6) is -0.209. The van der Waals surface area contributed by atoms with Gasteiger partial charge >= 0.3 is 0 Å². The van der Waals surface area contributed by atoms with Gasteiger partial charge in [-0.15, -0.1) is 0 Å². The second kappa shape index (κ2) is 3.21. The molecule has 1 aromatic heterocycles. The summed E-state index contributed by atoms with van der Waals surface area (Å²) in [6, 6.07) is 7.57. The Kier molecular flexibility index (Phi) is 2.19. The molecular weight excluding hydrogens is 280 g/mol. The molecule has 0 saturated heterocycles. The minimum Gasteiger partial charge on any atom is -0.250 e. The van der Waals surface area contributed by atoms with E-state index in [0.717, 1.165) is 10.9 Å². The third kappa shape index (κ3) is 1.41. The number of aromatic nitrogens is 1. The molecule has 1 aromatic carbocycles. The molecule has 1 heterocycles. The van der Waals surface area contributed by atoms with Crippen LogP contribution in [-0.4, -0.2) is 4.98 Å². The molecule has 0 aliphatic rings. The zero-order chi connectivity index (χ0) is 9.42. The van der Waals surface area contributed by atoms with Crippen molar-refractivity contribution in [3.8, 4) is 0 Å². The van der Waals surface area contributed by atoms with Gasteiger partial charge in [0.15, 0.2) is 5.82 Å². The molecule has 3 heteroatoms. The summed E-state index contributed by atoms with van der Waals surface area (Å²) in [6.45, 7) is 1.68. The van der Waals surface area contributed by atoms with Gasteiger partial charge in [0, 0.05) is 5.39 Å². The van der Waals surface area contributed by atoms with Gasteiger partial charge in [-0.2, -0.15) is 0 Å². The van der Waals surface area contributed by atoms with E-state index in [1.165, 1.54) is 0 Å². The van der Waals surface area contributed by atoms with E-state index in [2.05, 4.69) is 4.98 Å². The smallest absolute Gasteiger partial charge is 0.158 e. The van der Waals surface area contributed by atoms with Gasteiger partial charge in [-0.1, -0.05) is 18.2 Å². The molecular formula is C10H7FIN. The van der Waals surface area contributed by atoms with E-state index in [9.17, 15) is 4.39 Å². The molecule has 0 bridgehead atoms. The van der Waals surface area contributed by atoms with E-state index >= 15 is 0 Å². The van der Waals surface area contributed by atoms with Gasteiger partial charge < -0.3 is 0 Å². The van der Waals surface area contributed by atoms with Crippen LogP contribution in [0.1, 0.15) is 5.69 Å². The van der Waals surface area contributed by atoms with E-state index in [4.69, 9.17) is 0 Å². The fraction of sp³-hybridized carbons (Fsp3) is 0.100. The number of rotatable bonds is 0. The molecule has 13 heavy (non-hydrogen) atoms. The fourth-order valence-corrected chi connectivity index (χ4v) is 2.11. The van der Waals surface area contributed by atoms with Crippen LogP contribution in [0.2, 0.25) is 0 Å². The van der Waals surface area contributed by atoms with Crippen molar-refractivity contribution in [2.45, 2.75) is 6.92 Å². The van der Waals surface area contributed by atoms with E-state index in [0.29, 0.717) is 9.26 Å². The molecule has 2 rings (SSSR count). The summed E-state index contributed by atoms with van der Waals surface area (Å²) in [7, 11) is 0. The van der Waals surface area contributed by atoms with Gasteiger partial charge in [-0.25, -0.2) is 9.37 Å². The molecule has 0 amide bonds. The Balaban J connectivity index is 2.94. The Morgan fingerprint density at radius 3 is 2.77 bits per heavy atom. The number of hydrogen-bond donors (Lipinski definition) is 0. The van der Waals surface area contributed by atoms with Crippen molar-refractivity contribution in [1.29, 1.82) is 0 Å². The Morgan fingerprint density at radius 2 is 2.00 bits per heavy atom. The zero-order valence-corrected chi connectivity index (χ0v) is 9.17. The second-order valence-electron chi connectivity index (χ2n) is 2.84. The van der Waals surface area contributed by atoms with E-state index in [-0.39, 0.29) is 5.82 Å². The first-order valence-electron chi connectivity index (χ1n) is 3.90. The third-order valence-electron chi connectivity index (χ3n) is 1.94. The highest BCUT2D eigenvalue weighted by Gasteiger charge is 2.08. The number of fused-ring (bicyclic) bond motifs is 1. The van der Waals surface area contributed by atoms with Crippen LogP contribution in [0, 0.1) is 16.3 Å². The average molecular weight is 287 g/mol. The maximum absolute atomic E-state index is 13.4. The Morgan fingerprint density at radius 1 is 1.31 bits per heavy atom. The molecule has 0 unspecified atom stereocenters. The maximum Gasteiger partial charge on any atom is 0.158 e. The second-order valence-corrected chi connectivity index (χ2v) is 3.92. The van der Waals surface area contributed by atoms with Gasteiger partial charge in [0.2, 0.25) is 0 Å². The van der Waals surface area contributed by atoms with Crippen molar-refractivity contribution in [1.82, 2.24) is 4.98 Å². The number of hydrogen-bond acceptors (Lipinski definition) is 1. The van der Waals surface area contributed by atoms with Crippen LogP contribution >= 0.6 is 22.6 Å². The Labute approximate surface area is 89.1 Å². The lowest BCUT2D eigenvalue weighted by molar-refractivity contribution is 0.606. The van der Waals surface area contributed by atoms with Gasteiger partial charge in [0.25, 0.3) is 0 Å². The predicted molar refractivity (Wildman–Crippen MR) is 59.2 cm³/mol. The van der Waals surface area contributed by atoms with Gasteiger partial charge in [0.1, 0.15) is 0 Å². The van der Waals surface area contributed by atoms with E-state index < -0.39 is 0 Å². The molecule has 66 valence electrons. The number of nitrogens with zero attached hydrogens (tertiary/aromatic N) is 1. The summed E-state index contributed by atoms with van der Waals surface area (Å²) in [5, 5.41) is 0.881. The van der Waals surface area contributed by atoms with Crippen molar-refractivity contribution in [3.63, 3.8) is 0 Å². The minimum atomic E-state index is -0.209. The molecule has 0 aliphatic carbocycles. The van der Waals surface area contributed by atoms with Crippen LogP contribution < -0.4 is 0 Å². The fourth-order valence-electron chi connectivity index (χ4n) is 1.26. The molecule has 0 saturated carbocycles. The lowest BCUT2D eigenvalue weighted by atomic mass is 10.2. The molecule has 0 radical (unpaired) electrons. The first kappa shape index (κ1) is 8.87. The molecule has 1 nitrogen and oxygen atoms in total. The topological polar surface area (TPSA) is 12.9 Å². The molecule has 0 fully saturated rings. The SMILES string of the molecule is Cc1nc2ccccc2c(I)c1F. The molecule has 0 atom stereocenters. The predicted octanol–water partition coefficient (Wildman–Crippen LogP) is 3.29. The highest BCUT2D eigenvalue weighted by Crippen LogP contribution is 2.23. The summed E-state index contributed by atoms with van der Waals surface area (Å²) < 4.78 is 14.0. The Bertz CT molecular complexity index is 468. The normalized spacial score (nSPS) is 10.7. The number of halogens is 2. The van der Waals surface area contributed by atoms with Gasteiger partial charge in [-0.3, -0.25) is 0 Å². The lowest BCUT2D eigenvalue weighted by Gasteiger charge is -2.03. The molecule has 0 spiro atoms. The maximum atomic E-state index is 13.4. The number of benzene rings is 1. The first-order chi connectivity index (χ1) is 6.20. The first-order valence-corrected chi connectivity index (χ1v) is 4.98. The number of pyridine rings is 1. The van der Waals surface area contributed by atoms with Crippen LogP contribution in [-0.2, 0) is 0 Å². The lowest BCUT2D eigenvalue weighted by Crippen LogP contribution is -1.93. The van der Waals surface area contributed by atoms with E-state index in [1.54, 1.807) is 6.92 Å². The van der Waals surface area contributed by atoms with Crippen LogP contribution in [0.5, 0.6) is 0 Å². The molecule has 2 aromatic rings. The zero-order valence-electron chi connectivity index (χ0n) is 7.01. The average Bonchev–Trinajstić information content (AvgIpc) is 2.15. The van der Waals surface area contributed by atoms with Crippen LogP contribution in [0.25, 0.3) is 10.9 Å². The highest BCUT2D eigenvalue weighted by atomic mass is 127. The standard InChI is InChI=1S/C10H7FIN/c1-6-9(11)10(12)7-4-2-3-5-8(7)13-6/h2-5H,1H3. The largest absolute Gasteiger partial charge is 0.250 e. The molecule has 0 N–H and O–H groups in total. The highest BCUT2D eigenvalue weighted by molar-refractivity contribution is 14.1. The van der Waals surface area contributed by atoms with Gasteiger partial charge in [0.05, 0.1) is 14.8 Å². The summed E-state index contributed by atoms with van der Waals surface area (Å²) >= 11 is 2.01. The summed E-state index contributed by atoms with van der Waals surface area (Å²) in [4.78, 5) is 4.16.